The van der Waals surface area contributed by atoms with Crippen molar-refractivity contribution in [3.05, 3.63) is 0 Å². The Hall–Kier alpha value is -0.650. The van der Waals surface area contributed by atoms with Gasteiger partial charge in [0.2, 0.25) is 5.91 Å². The Bertz CT molecular complexity index is 317. The highest BCUT2D eigenvalue weighted by atomic mass is 16.5. The quantitative estimate of drug-likeness (QED) is 0.681. The van der Waals surface area contributed by atoms with Crippen molar-refractivity contribution < 1.29 is 9.53 Å². The van der Waals surface area contributed by atoms with Crippen molar-refractivity contribution in [2.75, 3.05) is 45.9 Å². The van der Waals surface area contributed by atoms with E-state index in [0.717, 1.165) is 45.0 Å². The minimum Gasteiger partial charge on any atom is -0.379 e. The number of hydrogen-bond acceptors (Lipinski definition) is 4. The van der Waals surface area contributed by atoms with Gasteiger partial charge in [0, 0.05) is 13.1 Å². The van der Waals surface area contributed by atoms with E-state index >= 15 is 0 Å². The fourth-order valence-electron chi connectivity index (χ4n) is 3.51. The van der Waals surface area contributed by atoms with Crippen LogP contribution in [0.2, 0.25) is 0 Å². The van der Waals surface area contributed by atoms with Crippen LogP contribution in [-0.2, 0) is 9.53 Å². The molecule has 5 nitrogen and oxygen atoms in total. The van der Waals surface area contributed by atoms with Crippen molar-refractivity contribution in [3.63, 3.8) is 0 Å². The Morgan fingerprint density at radius 2 is 1.86 bits per heavy atom. The summed E-state index contributed by atoms with van der Waals surface area (Å²) in [5.74, 6) is 0.745. The molecule has 0 aromatic heterocycles. The van der Waals surface area contributed by atoms with Crippen LogP contribution < -0.4 is 5.73 Å². The van der Waals surface area contributed by atoms with Gasteiger partial charge in [-0.25, -0.2) is 0 Å². The first-order valence-electron chi connectivity index (χ1n) is 8.54. The third-order valence-electron chi connectivity index (χ3n) is 5.05. The average Bonchev–Trinajstić information content (AvgIpc) is 2.96. The number of piperidine rings is 1. The maximum absolute atomic E-state index is 11.3. The predicted molar refractivity (Wildman–Crippen MR) is 84.1 cm³/mol. The lowest BCUT2D eigenvalue weighted by molar-refractivity contribution is -0.122. The molecule has 122 valence electrons. The Kier molecular flexibility index (Phi) is 6.93. The van der Waals surface area contributed by atoms with Gasteiger partial charge < -0.3 is 15.4 Å². The van der Waals surface area contributed by atoms with Gasteiger partial charge in [-0.3, -0.25) is 9.69 Å². The minimum atomic E-state index is -0.189. The van der Waals surface area contributed by atoms with Gasteiger partial charge in [-0.2, -0.15) is 0 Å². The van der Waals surface area contributed by atoms with Crippen LogP contribution in [0.5, 0.6) is 0 Å². The largest absolute Gasteiger partial charge is 0.379 e. The number of amides is 1. The van der Waals surface area contributed by atoms with E-state index in [2.05, 4.69) is 16.7 Å². The molecule has 2 fully saturated rings. The first-order chi connectivity index (χ1) is 10.2. The number of nitrogens with two attached hydrogens (primary N) is 1. The molecule has 0 radical (unpaired) electrons. The third-order valence-corrected chi connectivity index (χ3v) is 5.05. The normalized spacial score (nSPS) is 25.5. The summed E-state index contributed by atoms with van der Waals surface area (Å²) in [6.07, 6.45) is 5.97. The SMILES string of the molecule is CCC1CCN(CCOCCN2CCC[C@@H]2C(N)=O)CC1. The van der Waals surface area contributed by atoms with Crippen LogP contribution in [0.3, 0.4) is 0 Å². The number of hydrogen-bond donors (Lipinski definition) is 1. The topological polar surface area (TPSA) is 58.8 Å². The van der Waals surface area contributed by atoms with E-state index in [-0.39, 0.29) is 11.9 Å². The number of primary amides is 1. The van der Waals surface area contributed by atoms with E-state index in [1.54, 1.807) is 0 Å². The van der Waals surface area contributed by atoms with Crippen LogP contribution >= 0.6 is 0 Å². The molecule has 2 aliphatic rings. The van der Waals surface area contributed by atoms with E-state index in [1.807, 2.05) is 0 Å². The van der Waals surface area contributed by atoms with Gasteiger partial charge in [-0.05, 0) is 51.2 Å². The van der Waals surface area contributed by atoms with Gasteiger partial charge in [-0.15, -0.1) is 0 Å². The fourth-order valence-corrected chi connectivity index (χ4v) is 3.51. The first-order valence-corrected chi connectivity index (χ1v) is 8.54. The summed E-state index contributed by atoms with van der Waals surface area (Å²) in [5.41, 5.74) is 5.41. The van der Waals surface area contributed by atoms with Crippen LogP contribution in [0.4, 0.5) is 0 Å². The molecule has 0 spiro atoms. The first kappa shape index (κ1) is 16.7. The average molecular weight is 297 g/mol. The van der Waals surface area contributed by atoms with Gasteiger partial charge in [0.25, 0.3) is 0 Å². The smallest absolute Gasteiger partial charge is 0.234 e. The highest BCUT2D eigenvalue weighted by molar-refractivity contribution is 5.80. The fraction of sp³-hybridized carbons (Fsp3) is 0.938. The Morgan fingerprint density at radius 1 is 1.14 bits per heavy atom. The summed E-state index contributed by atoms with van der Waals surface area (Å²) in [6.45, 7) is 9.07. The van der Waals surface area contributed by atoms with Crippen molar-refractivity contribution in [2.45, 2.75) is 45.1 Å². The van der Waals surface area contributed by atoms with Gasteiger partial charge in [0.1, 0.15) is 0 Å². The summed E-state index contributed by atoms with van der Waals surface area (Å²) in [6, 6.07) is -0.0679. The van der Waals surface area contributed by atoms with E-state index in [1.165, 1.54) is 32.4 Å². The molecule has 0 aromatic carbocycles. The van der Waals surface area contributed by atoms with Gasteiger partial charge in [0.05, 0.1) is 19.3 Å². The highest BCUT2D eigenvalue weighted by Gasteiger charge is 2.28. The van der Waals surface area contributed by atoms with Crippen molar-refractivity contribution in [2.24, 2.45) is 11.7 Å². The van der Waals surface area contributed by atoms with Crippen LogP contribution in [0, 0.1) is 5.92 Å². The van der Waals surface area contributed by atoms with E-state index < -0.39 is 0 Å². The molecule has 0 bridgehead atoms. The standard InChI is InChI=1S/C16H31N3O2/c1-2-14-5-8-18(9-6-14)10-12-21-13-11-19-7-3-4-15(19)16(17)20/h14-15H,2-13H2,1H3,(H2,17,20)/t15-/m1/s1. The molecule has 0 saturated carbocycles. The highest BCUT2D eigenvalue weighted by Crippen LogP contribution is 2.19. The molecule has 2 saturated heterocycles. The van der Waals surface area contributed by atoms with Crippen LogP contribution in [0.15, 0.2) is 0 Å². The van der Waals surface area contributed by atoms with Crippen LogP contribution in [-0.4, -0.2) is 67.7 Å². The molecular formula is C16H31N3O2. The summed E-state index contributed by atoms with van der Waals surface area (Å²) in [4.78, 5) is 16.0. The lowest BCUT2D eigenvalue weighted by Crippen LogP contribution is -2.42. The zero-order valence-corrected chi connectivity index (χ0v) is 13.4. The predicted octanol–water partition coefficient (Wildman–Crippen LogP) is 1.07. The maximum Gasteiger partial charge on any atom is 0.234 e. The second-order valence-electron chi connectivity index (χ2n) is 6.40. The Morgan fingerprint density at radius 3 is 2.52 bits per heavy atom. The molecule has 2 heterocycles. The molecule has 5 heteroatoms. The molecule has 2 N–H and O–H groups in total. The Balaban J connectivity index is 1.51. The number of ether oxygens (including phenoxy) is 1. The molecule has 1 atom stereocenters. The zero-order valence-electron chi connectivity index (χ0n) is 13.4. The third kappa shape index (κ3) is 5.24. The monoisotopic (exact) mass is 297 g/mol. The lowest BCUT2D eigenvalue weighted by Gasteiger charge is -2.31. The molecule has 0 aromatic rings. The molecule has 2 rings (SSSR count). The summed E-state index contributed by atoms with van der Waals surface area (Å²) < 4.78 is 5.74. The molecule has 1 amide bonds. The Labute approximate surface area is 128 Å². The van der Waals surface area contributed by atoms with Crippen molar-refractivity contribution in [3.8, 4) is 0 Å². The molecular weight excluding hydrogens is 266 g/mol. The van der Waals surface area contributed by atoms with Gasteiger partial charge in [0.15, 0.2) is 0 Å². The summed E-state index contributed by atoms with van der Waals surface area (Å²) >= 11 is 0. The van der Waals surface area contributed by atoms with Gasteiger partial charge >= 0.3 is 0 Å². The summed E-state index contributed by atoms with van der Waals surface area (Å²) in [7, 11) is 0. The van der Waals surface area contributed by atoms with E-state index in [4.69, 9.17) is 10.5 Å². The van der Waals surface area contributed by atoms with Crippen molar-refractivity contribution in [1.82, 2.24) is 9.80 Å². The van der Waals surface area contributed by atoms with Crippen molar-refractivity contribution >= 4 is 5.91 Å². The second-order valence-corrected chi connectivity index (χ2v) is 6.40. The number of carbonyl (C=O) groups is 1. The van der Waals surface area contributed by atoms with Crippen LogP contribution in [0.25, 0.3) is 0 Å². The molecule has 0 unspecified atom stereocenters. The van der Waals surface area contributed by atoms with Gasteiger partial charge in [-0.1, -0.05) is 13.3 Å². The minimum absolute atomic E-state index is 0.0679. The number of rotatable bonds is 8. The molecule has 21 heavy (non-hydrogen) atoms. The van der Waals surface area contributed by atoms with E-state index in [0.29, 0.717) is 6.61 Å². The number of likely N-dealkylation sites (tertiary alicyclic amines) is 2. The number of carbonyl (C=O) groups excluding carboxylic acids is 1. The molecule has 2 aliphatic heterocycles. The zero-order chi connectivity index (χ0) is 15.1. The van der Waals surface area contributed by atoms with Crippen LogP contribution in [0.1, 0.15) is 39.0 Å². The molecule has 0 aliphatic carbocycles. The lowest BCUT2D eigenvalue weighted by atomic mass is 9.94. The second kappa shape index (κ2) is 8.71. The summed E-state index contributed by atoms with van der Waals surface area (Å²) in [5, 5.41) is 0. The van der Waals surface area contributed by atoms with E-state index in [9.17, 15) is 4.79 Å². The maximum atomic E-state index is 11.3. The van der Waals surface area contributed by atoms with Crippen molar-refractivity contribution in [1.29, 1.82) is 0 Å². The number of nitrogens with zero attached hydrogens (tertiary/aromatic N) is 2.